The smallest absolute Gasteiger partial charge is 0.224 e. The molecule has 5 heteroatoms. The van der Waals surface area contributed by atoms with Crippen LogP contribution >= 0.6 is 12.4 Å². The van der Waals surface area contributed by atoms with Gasteiger partial charge in [-0.25, -0.2) is 0 Å². The topological polar surface area (TPSA) is 50.4 Å². The molecule has 1 saturated heterocycles. The minimum absolute atomic E-state index is 0. The fourth-order valence-electron chi connectivity index (χ4n) is 2.27. The number of benzene rings is 1. The summed E-state index contributed by atoms with van der Waals surface area (Å²) in [4.78, 5) is 11.9. The average molecular weight is 299 g/mol. The molecule has 4 nitrogen and oxygen atoms in total. The van der Waals surface area contributed by atoms with Gasteiger partial charge in [0.25, 0.3) is 0 Å². The van der Waals surface area contributed by atoms with E-state index in [0.29, 0.717) is 13.2 Å². The van der Waals surface area contributed by atoms with Crippen LogP contribution in [-0.4, -0.2) is 32.1 Å². The van der Waals surface area contributed by atoms with Crippen LogP contribution in [0.2, 0.25) is 0 Å². The van der Waals surface area contributed by atoms with Gasteiger partial charge in [0.2, 0.25) is 5.91 Å². The van der Waals surface area contributed by atoms with Crippen molar-refractivity contribution < 1.29 is 9.53 Å². The maximum absolute atomic E-state index is 11.9. The van der Waals surface area contributed by atoms with Crippen LogP contribution in [0.5, 0.6) is 5.75 Å². The molecule has 0 aliphatic carbocycles. The van der Waals surface area contributed by atoms with E-state index in [0.717, 1.165) is 37.2 Å². The Morgan fingerprint density at radius 1 is 1.45 bits per heavy atom. The van der Waals surface area contributed by atoms with Gasteiger partial charge in [0.05, 0.1) is 12.5 Å². The first-order valence-corrected chi connectivity index (χ1v) is 6.94. The van der Waals surface area contributed by atoms with E-state index in [1.807, 2.05) is 31.2 Å². The van der Waals surface area contributed by atoms with E-state index in [4.69, 9.17) is 4.74 Å². The largest absolute Gasteiger partial charge is 0.491 e. The van der Waals surface area contributed by atoms with Gasteiger partial charge in [0.15, 0.2) is 0 Å². The van der Waals surface area contributed by atoms with Gasteiger partial charge in [-0.15, -0.1) is 12.4 Å². The van der Waals surface area contributed by atoms with Crippen molar-refractivity contribution in [1.82, 2.24) is 10.6 Å². The molecule has 0 bridgehead atoms. The first-order chi connectivity index (χ1) is 9.27. The second-order valence-electron chi connectivity index (χ2n) is 4.95. The first-order valence-electron chi connectivity index (χ1n) is 6.94. The Balaban J connectivity index is 0.00000200. The minimum atomic E-state index is 0. The zero-order valence-corrected chi connectivity index (χ0v) is 12.7. The van der Waals surface area contributed by atoms with Crippen LogP contribution < -0.4 is 15.4 Å². The summed E-state index contributed by atoms with van der Waals surface area (Å²) in [5.74, 6) is 1.14. The average Bonchev–Trinajstić information content (AvgIpc) is 2.46. The molecule has 0 radical (unpaired) electrons. The molecule has 1 aromatic carbocycles. The summed E-state index contributed by atoms with van der Waals surface area (Å²) in [5, 5.41) is 6.19. The lowest BCUT2D eigenvalue weighted by atomic mass is 9.99. The lowest BCUT2D eigenvalue weighted by molar-refractivity contribution is -0.125. The number of piperidine rings is 1. The van der Waals surface area contributed by atoms with Crippen molar-refractivity contribution in [3.63, 3.8) is 0 Å². The molecule has 1 heterocycles. The number of halogens is 1. The van der Waals surface area contributed by atoms with Crippen LogP contribution in [0.3, 0.4) is 0 Å². The number of carbonyl (C=O) groups excluding carboxylic acids is 1. The van der Waals surface area contributed by atoms with E-state index in [1.165, 1.54) is 0 Å². The normalized spacial score (nSPS) is 17.9. The second kappa shape index (κ2) is 8.82. The highest BCUT2D eigenvalue weighted by Crippen LogP contribution is 2.15. The number of nitrogens with one attached hydrogen (secondary N) is 2. The third-order valence-corrected chi connectivity index (χ3v) is 3.42. The van der Waals surface area contributed by atoms with Crippen LogP contribution in [0.4, 0.5) is 0 Å². The second-order valence-corrected chi connectivity index (χ2v) is 4.95. The number of carbonyl (C=O) groups is 1. The SMILES string of the molecule is Cc1ccccc1OCCNC(=O)C1CCCNC1.Cl. The Morgan fingerprint density at radius 3 is 2.95 bits per heavy atom. The van der Waals surface area contributed by atoms with E-state index in [2.05, 4.69) is 10.6 Å². The van der Waals surface area contributed by atoms with Crippen LogP contribution in [0.15, 0.2) is 24.3 Å². The Labute approximate surface area is 126 Å². The lowest BCUT2D eigenvalue weighted by Gasteiger charge is -2.21. The van der Waals surface area contributed by atoms with Crippen LogP contribution in [0.1, 0.15) is 18.4 Å². The molecule has 0 saturated carbocycles. The monoisotopic (exact) mass is 298 g/mol. The Hall–Kier alpha value is -1.26. The zero-order valence-electron chi connectivity index (χ0n) is 11.9. The van der Waals surface area contributed by atoms with E-state index < -0.39 is 0 Å². The van der Waals surface area contributed by atoms with Gasteiger partial charge in [0.1, 0.15) is 12.4 Å². The summed E-state index contributed by atoms with van der Waals surface area (Å²) in [7, 11) is 0. The minimum Gasteiger partial charge on any atom is -0.491 e. The molecular formula is C15H23ClN2O2. The van der Waals surface area contributed by atoms with E-state index in [9.17, 15) is 4.79 Å². The number of para-hydroxylation sites is 1. The van der Waals surface area contributed by atoms with Gasteiger partial charge in [0, 0.05) is 6.54 Å². The molecule has 1 unspecified atom stereocenters. The van der Waals surface area contributed by atoms with Gasteiger partial charge in [-0.2, -0.15) is 0 Å². The molecule has 1 fully saturated rings. The van der Waals surface area contributed by atoms with Crippen molar-refractivity contribution in [1.29, 1.82) is 0 Å². The van der Waals surface area contributed by atoms with Crippen molar-refractivity contribution in [2.45, 2.75) is 19.8 Å². The molecule has 2 N–H and O–H groups in total. The molecule has 112 valence electrons. The number of aryl methyl sites for hydroxylation is 1. The van der Waals surface area contributed by atoms with Crippen molar-refractivity contribution in [3.05, 3.63) is 29.8 Å². The summed E-state index contributed by atoms with van der Waals surface area (Å²) in [5.41, 5.74) is 1.12. The molecule has 1 aromatic rings. The predicted octanol–water partition coefficient (Wildman–Crippen LogP) is 1.91. The number of hydrogen-bond acceptors (Lipinski definition) is 3. The fourth-order valence-corrected chi connectivity index (χ4v) is 2.27. The standard InChI is InChI=1S/C15H22N2O2.ClH/c1-12-5-2-3-7-14(12)19-10-9-17-15(18)13-6-4-8-16-11-13;/h2-3,5,7,13,16H,4,6,8-11H2,1H3,(H,17,18);1H. The summed E-state index contributed by atoms with van der Waals surface area (Å²) in [6.07, 6.45) is 2.06. The maximum Gasteiger partial charge on any atom is 0.224 e. The molecule has 0 aromatic heterocycles. The Bertz CT molecular complexity index is 420. The quantitative estimate of drug-likeness (QED) is 0.817. The Morgan fingerprint density at radius 2 is 2.25 bits per heavy atom. The summed E-state index contributed by atoms with van der Waals surface area (Å²) in [6.45, 7) is 4.91. The molecule has 2 rings (SSSR count). The highest BCUT2D eigenvalue weighted by Gasteiger charge is 2.20. The predicted molar refractivity (Wildman–Crippen MR) is 82.5 cm³/mol. The highest BCUT2D eigenvalue weighted by molar-refractivity contribution is 5.85. The van der Waals surface area contributed by atoms with E-state index >= 15 is 0 Å². The fraction of sp³-hybridized carbons (Fsp3) is 0.533. The molecule has 20 heavy (non-hydrogen) atoms. The number of hydrogen-bond donors (Lipinski definition) is 2. The van der Waals surface area contributed by atoms with Crippen molar-refractivity contribution in [3.8, 4) is 5.75 Å². The van der Waals surface area contributed by atoms with Gasteiger partial charge in [-0.1, -0.05) is 18.2 Å². The first kappa shape index (κ1) is 16.8. The van der Waals surface area contributed by atoms with Crippen LogP contribution in [0, 0.1) is 12.8 Å². The van der Waals surface area contributed by atoms with Gasteiger partial charge in [-0.05, 0) is 37.9 Å². The van der Waals surface area contributed by atoms with Crippen LogP contribution in [-0.2, 0) is 4.79 Å². The summed E-state index contributed by atoms with van der Waals surface area (Å²) >= 11 is 0. The molecule has 1 amide bonds. The van der Waals surface area contributed by atoms with Crippen LogP contribution in [0.25, 0.3) is 0 Å². The highest BCUT2D eigenvalue weighted by atomic mass is 35.5. The van der Waals surface area contributed by atoms with Crippen molar-refractivity contribution >= 4 is 18.3 Å². The molecule has 1 atom stereocenters. The Kier molecular flexibility index (Phi) is 7.41. The maximum atomic E-state index is 11.9. The molecule has 1 aliphatic heterocycles. The number of rotatable bonds is 5. The van der Waals surface area contributed by atoms with E-state index in [-0.39, 0.29) is 24.2 Å². The van der Waals surface area contributed by atoms with Gasteiger partial charge < -0.3 is 15.4 Å². The van der Waals surface area contributed by atoms with Gasteiger partial charge in [-0.3, -0.25) is 4.79 Å². The third-order valence-electron chi connectivity index (χ3n) is 3.42. The summed E-state index contributed by atoms with van der Waals surface area (Å²) in [6, 6.07) is 7.90. The molecule has 1 aliphatic rings. The molecule has 0 spiro atoms. The van der Waals surface area contributed by atoms with Gasteiger partial charge >= 0.3 is 0 Å². The third kappa shape index (κ3) is 5.02. The van der Waals surface area contributed by atoms with Crippen molar-refractivity contribution in [2.24, 2.45) is 5.92 Å². The zero-order chi connectivity index (χ0) is 13.5. The number of ether oxygens (including phenoxy) is 1. The van der Waals surface area contributed by atoms with E-state index in [1.54, 1.807) is 0 Å². The van der Waals surface area contributed by atoms with Crippen molar-refractivity contribution in [2.75, 3.05) is 26.2 Å². The summed E-state index contributed by atoms with van der Waals surface area (Å²) < 4.78 is 5.64. The number of amides is 1. The molecular weight excluding hydrogens is 276 g/mol. The lowest BCUT2D eigenvalue weighted by Crippen LogP contribution is -2.41.